The molecule has 1 aromatic carbocycles. The van der Waals surface area contributed by atoms with Crippen LogP contribution < -0.4 is 10.2 Å². The van der Waals surface area contributed by atoms with Crippen molar-refractivity contribution in [2.75, 3.05) is 18.0 Å². The number of para-hydroxylation sites is 1. The number of amides is 1. The highest BCUT2D eigenvalue weighted by Gasteiger charge is 2.33. The lowest BCUT2D eigenvalue weighted by Crippen LogP contribution is -2.43. The van der Waals surface area contributed by atoms with E-state index in [4.69, 9.17) is 0 Å². The van der Waals surface area contributed by atoms with E-state index < -0.39 is 0 Å². The van der Waals surface area contributed by atoms with Gasteiger partial charge in [0.1, 0.15) is 0 Å². The fraction of sp³-hybridized carbons (Fsp3) is 0.462. The van der Waals surface area contributed by atoms with Gasteiger partial charge in [0.05, 0.1) is 6.42 Å². The van der Waals surface area contributed by atoms with Crippen LogP contribution in [-0.2, 0) is 11.2 Å². The molecule has 0 spiro atoms. The van der Waals surface area contributed by atoms with Gasteiger partial charge in [-0.05, 0) is 24.5 Å². The average molecular weight is 215 g/mol. The molecule has 2 heterocycles. The molecule has 3 heteroatoms. The van der Waals surface area contributed by atoms with Crippen LogP contribution in [0, 0.1) is 0 Å². The van der Waals surface area contributed by atoms with Crippen LogP contribution >= 0.6 is 0 Å². The molecule has 2 aliphatic heterocycles. The first-order chi connectivity index (χ1) is 7.86. The van der Waals surface area contributed by atoms with Gasteiger partial charge in [0.15, 0.2) is 0 Å². The quantitative estimate of drug-likeness (QED) is 0.696. The SMILES string of the molecule is O=C1Cc2ccccc2N1C1CC[N]CC1. The minimum Gasteiger partial charge on any atom is -0.309 e. The van der Waals surface area contributed by atoms with Crippen LogP contribution in [0.4, 0.5) is 5.69 Å². The van der Waals surface area contributed by atoms with E-state index in [-0.39, 0.29) is 5.91 Å². The van der Waals surface area contributed by atoms with E-state index in [1.165, 1.54) is 5.56 Å². The first-order valence-corrected chi connectivity index (χ1v) is 5.89. The van der Waals surface area contributed by atoms with Crippen LogP contribution in [-0.4, -0.2) is 25.0 Å². The molecule has 1 amide bonds. The first kappa shape index (κ1) is 9.85. The average Bonchev–Trinajstić information content (AvgIpc) is 2.66. The highest BCUT2D eigenvalue weighted by Crippen LogP contribution is 2.32. The zero-order valence-corrected chi connectivity index (χ0v) is 9.22. The second-order valence-electron chi connectivity index (χ2n) is 4.47. The number of rotatable bonds is 1. The third-order valence-electron chi connectivity index (χ3n) is 3.47. The lowest BCUT2D eigenvalue weighted by atomic mass is 10.0. The van der Waals surface area contributed by atoms with Gasteiger partial charge in [-0.2, -0.15) is 0 Å². The summed E-state index contributed by atoms with van der Waals surface area (Å²) in [4.78, 5) is 14.0. The number of carbonyl (C=O) groups excluding carboxylic acids is 1. The van der Waals surface area contributed by atoms with Gasteiger partial charge in [-0.15, -0.1) is 0 Å². The maximum absolute atomic E-state index is 12.0. The summed E-state index contributed by atoms with van der Waals surface area (Å²) in [5.41, 5.74) is 2.30. The molecular formula is C13H15N2O. The fourth-order valence-corrected chi connectivity index (χ4v) is 2.67. The second kappa shape index (κ2) is 3.91. The standard InChI is InChI=1S/C13H15N2O/c16-13-9-10-3-1-2-4-12(10)15(13)11-5-7-14-8-6-11/h1-4,11H,5-9H2. The number of fused-ring (bicyclic) bond motifs is 1. The maximum atomic E-state index is 12.0. The minimum atomic E-state index is 0.258. The highest BCUT2D eigenvalue weighted by atomic mass is 16.2. The molecule has 3 rings (SSSR count). The van der Waals surface area contributed by atoms with E-state index in [0.29, 0.717) is 12.5 Å². The van der Waals surface area contributed by atoms with Crippen LogP contribution in [0.2, 0.25) is 0 Å². The van der Waals surface area contributed by atoms with Crippen molar-refractivity contribution in [3.05, 3.63) is 29.8 Å². The van der Waals surface area contributed by atoms with Crippen molar-refractivity contribution in [1.29, 1.82) is 0 Å². The number of benzene rings is 1. The lowest BCUT2D eigenvalue weighted by molar-refractivity contribution is -0.117. The molecule has 83 valence electrons. The topological polar surface area (TPSA) is 34.4 Å². The van der Waals surface area contributed by atoms with Gasteiger partial charge >= 0.3 is 0 Å². The molecule has 0 atom stereocenters. The summed E-state index contributed by atoms with van der Waals surface area (Å²) in [5.74, 6) is 0.258. The molecule has 1 fully saturated rings. The second-order valence-corrected chi connectivity index (χ2v) is 4.47. The van der Waals surface area contributed by atoms with E-state index in [1.807, 2.05) is 17.0 Å². The lowest BCUT2D eigenvalue weighted by Gasteiger charge is -2.31. The Hall–Kier alpha value is -1.35. The number of piperidine rings is 1. The molecule has 0 aliphatic carbocycles. The van der Waals surface area contributed by atoms with E-state index in [0.717, 1.165) is 31.6 Å². The molecule has 1 aromatic rings. The molecule has 0 aromatic heterocycles. The Morgan fingerprint density at radius 2 is 1.94 bits per heavy atom. The molecule has 0 saturated carbocycles. The van der Waals surface area contributed by atoms with E-state index >= 15 is 0 Å². The van der Waals surface area contributed by atoms with Crippen LogP contribution in [0.15, 0.2) is 24.3 Å². The van der Waals surface area contributed by atoms with Gasteiger partial charge in [0, 0.05) is 24.8 Å². The number of carbonyl (C=O) groups is 1. The van der Waals surface area contributed by atoms with Crippen molar-refractivity contribution in [2.24, 2.45) is 0 Å². The van der Waals surface area contributed by atoms with Crippen molar-refractivity contribution in [1.82, 2.24) is 5.32 Å². The summed E-state index contributed by atoms with van der Waals surface area (Å²) in [6.07, 6.45) is 2.60. The Labute approximate surface area is 95.4 Å². The summed E-state index contributed by atoms with van der Waals surface area (Å²) >= 11 is 0. The molecule has 1 radical (unpaired) electrons. The van der Waals surface area contributed by atoms with Gasteiger partial charge in [0.2, 0.25) is 5.91 Å². The van der Waals surface area contributed by atoms with Crippen molar-refractivity contribution in [2.45, 2.75) is 25.3 Å². The number of hydrogen-bond acceptors (Lipinski definition) is 1. The Bertz CT molecular complexity index is 410. The van der Waals surface area contributed by atoms with Gasteiger partial charge < -0.3 is 4.90 Å². The van der Waals surface area contributed by atoms with Crippen LogP contribution in [0.25, 0.3) is 0 Å². The zero-order valence-electron chi connectivity index (χ0n) is 9.22. The molecule has 3 nitrogen and oxygen atoms in total. The highest BCUT2D eigenvalue weighted by molar-refractivity contribution is 6.01. The largest absolute Gasteiger partial charge is 0.309 e. The molecule has 0 bridgehead atoms. The van der Waals surface area contributed by atoms with E-state index in [2.05, 4.69) is 17.4 Å². The van der Waals surface area contributed by atoms with Crippen LogP contribution in [0.5, 0.6) is 0 Å². The van der Waals surface area contributed by atoms with Gasteiger partial charge in [-0.25, -0.2) is 5.32 Å². The van der Waals surface area contributed by atoms with Crippen LogP contribution in [0.3, 0.4) is 0 Å². The van der Waals surface area contributed by atoms with Gasteiger partial charge in [0.25, 0.3) is 0 Å². The normalized spacial score (nSPS) is 21.2. The first-order valence-electron chi connectivity index (χ1n) is 5.89. The Balaban J connectivity index is 1.92. The predicted octanol–water partition coefficient (Wildman–Crippen LogP) is 1.34. The monoisotopic (exact) mass is 215 g/mol. The van der Waals surface area contributed by atoms with E-state index in [1.54, 1.807) is 0 Å². The number of anilines is 1. The summed E-state index contributed by atoms with van der Waals surface area (Å²) in [6, 6.07) is 8.50. The predicted molar refractivity (Wildman–Crippen MR) is 62.5 cm³/mol. The molecule has 0 N–H and O–H groups in total. The van der Waals surface area contributed by atoms with Crippen molar-refractivity contribution in [3.63, 3.8) is 0 Å². The summed E-state index contributed by atoms with van der Waals surface area (Å²) in [5, 5.41) is 4.34. The molecule has 0 unspecified atom stereocenters. The van der Waals surface area contributed by atoms with Crippen molar-refractivity contribution >= 4 is 11.6 Å². The molecule has 16 heavy (non-hydrogen) atoms. The van der Waals surface area contributed by atoms with Crippen LogP contribution in [0.1, 0.15) is 18.4 Å². The molecule has 1 saturated heterocycles. The smallest absolute Gasteiger partial charge is 0.231 e. The Morgan fingerprint density at radius 3 is 2.75 bits per heavy atom. The van der Waals surface area contributed by atoms with E-state index in [9.17, 15) is 4.79 Å². The summed E-state index contributed by atoms with van der Waals surface area (Å²) < 4.78 is 0. The number of nitrogens with zero attached hydrogens (tertiary/aromatic N) is 2. The van der Waals surface area contributed by atoms with Crippen molar-refractivity contribution in [3.8, 4) is 0 Å². The maximum Gasteiger partial charge on any atom is 0.231 e. The third-order valence-corrected chi connectivity index (χ3v) is 3.47. The molecular weight excluding hydrogens is 200 g/mol. The van der Waals surface area contributed by atoms with Gasteiger partial charge in [-0.1, -0.05) is 18.2 Å². The zero-order chi connectivity index (χ0) is 11.0. The Kier molecular flexibility index (Phi) is 2.40. The van der Waals surface area contributed by atoms with Crippen molar-refractivity contribution < 1.29 is 4.79 Å². The molecule has 2 aliphatic rings. The summed E-state index contributed by atoms with van der Waals surface area (Å²) in [6.45, 7) is 1.80. The Morgan fingerprint density at radius 1 is 1.19 bits per heavy atom. The number of hydrogen-bond donors (Lipinski definition) is 0. The fourth-order valence-electron chi connectivity index (χ4n) is 2.67. The van der Waals surface area contributed by atoms with Gasteiger partial charge in [-0.3, -0.25) is 4.79 Å². The summed E-state index contributed by atoms with van der Waals surface area (Å²) in [7, 11) is 0. The minimum absolute atomic E-state index is 0.258. The third kappa shape index (κ3) is 1.52.